The standard InChI is InChI=1S/C24H36O5/c1-5-15(3)24(27)29-21-11-14(2)10-17-7-6-16(4)20(23(17)21)9-8-19-12-18(25)13-22(26)28-19/h6-7,10,14-16,18-21,23,25H,5,8-9,11-13H2,1-4H3/t14-,15-,16-,18+,19?,20-,21-,23-/m0/s1/i1D3,5D2,13D2,15D,25D. The summed E-state index contributed by atoms with van der Waals surface area (Å²) in [4.78, 5) is 25.3. The van der Waals surface area contributed by atoms with E-state index in [0.29, 0.717) is 19.3 Å². The number of hydrogen-bond donors (Lipinski definition) is 1. The van der Waals surface area contributed by atoms with E-state index >= 15 is 0 Å². The topological polar surface area (TPSA) is 72.8 Å². The van der Waals surface area contributed by atoms with Crippen LogP contribution in [-0.4, -0.2) is 36.8 Å². The Balaban J connectivity index is 1.81. The van der Waals surface area contributed by atoms with Crippen molar-refractivity contribution in [3.63, 3.8) is 0 Å². The lowest BCUT2D eigenvalue weighted by Gasteiger charge is -2.43. The average Bonchev–Trinajstić information content (AvgIpc) is 2.79. The van der Waals surface area contributed by atoms with E-state index < -0.39 is 55.7 Å². The van der Waals surface area contributed by atoms with Crippen LogP contribution < -0.4 is 0 Å². The Labute approximate surface area is 187 Å². The molecule has 1 unspecified atom stereocenters. The van der Waals surface area contributed by atoms with E-state index in [-0.39, 0.29) is 30.1 Å². The second kappa shape index (κ2) is 9.46. The Morgan fingerprint density at radius 2 is 2.34 bits per heavy atom. The highest BCUT2D eigenvalue weighted by Gasteiger charge is 2.42. The zero-order valence-electron chi connectivity index (χ0n) is 26.1. The fraction of sp³-hybridized carbons (Fsp3) is 0.750. The van der Waals surface area contributed by atoms with Crippen molar-refractivity contribution in [2.24, 2.45) is 29.6 Å². The smallest absolute Gasteiger partial charge is 0.308 e. The molecule has 1 fully saturated rings. The largest absolute Gasteiger partial charge is 0.462 e. The van der Waals surface area contributed by atoms with Gasteiger partial charge in [-0.2, -0.15) is 0 Å². The summed E-state index contributed by atoms with van der Waals surface area (Å²) in [7, 11) is 0. The van der Waals surface area contributed by atoms with Crippen molar-refractivity contribution in [1.82, 2.24) is 0 Å². The maximum atomic E-state index is 13.1. The number of ether oxygens (including phenoxy) is 2. The highest BCUT2D eigenvalue weighted by Crippen LogP contribution is 2.45. The summed E-state index contributed by atoms with van der Waals surface area (Å²) in [5.41, 5.74) is 0.930. The zero-order chi connectivity index (χ0) is 28.8. The van der Waals surface area contributed by atoms with Gasteiger partial charge >= 0.3 is 11.9 Å². The minimum atomic E-state index is -3.20. The minimum absolute atomic E-state index is 0.0191. The second-order valence-electron chi connectivity index (χ2n) is 8.45. The molecule has 0 radical (unpaired) electrons. The van der Waals surface area contributed by atoms with Gasteiger partial charge in [-0.05, 0) is 49.0 Å². The Morgan fingerprint density at radius 1 is 1.52 bits per heavy atom. The molecule has 0 amide bonds. The molecular formula is C24H36O5. The van der Waals surface area contributed by atoms with Crippen LogP contribution in [0.3, 0.4) is 0 Å². The molecule has 0 aromatic carbocycles. The number of carbonyl (C=O) groups excluding carboxylic acids is 2. The molecule has 29 heavy (non-hydrogen) atoms. The van der Waals surface area contributed by atoms with Crippen LogP contribution in [-0.2, 0) is 19.1 Å². The van der Waals surface area contributed by atoms with Crippen molar-refractivity contribution in [1.29, 1.82) is 1.43 Å². The lowest BCUT2D eigenvalue weighted by molar-refractivity contribution is -0.162. The van der Waals surface area contributed by atoms with Crippen LogP contribution in [0.4, 0.5) is 0 Å². The van der Waals surface area contributed by atoms with E-state index in [9.17, 15) is 9.59 Å². The summed E-state index contributed by atoms with van der Waals surface area (Å²) in [6.07, 6.45) is -0.782. The van der Waals surface area contributed by atoms with E-state index in [4.69, 9.17) is 21.9 Å². The summed E-state index contributed by atoms with van der Waals surface area (Å²) < 4.78 is 80.6. The van der Waals surface area contributed by atoms with Crippen molar-refractivity contribution in [3.8, 4) is 0 Å². The quantitative estimate of drug-likeness (QED) is 0.634. The first kappa shape index (κ1) is 12.9. The molecule has 0 aromatic rings. The number of cyclic esters (lactones) is 1. The fourth-order valence-electron chi connectivity index (χ4n) is 4.72. The Morgan fingerprint density at radius 3 is 3.10 bits per heavy atom. The van der Waals surface area contributed by atoms with Gasteiger partial charge in [-0.3, -0.25) is 9.59 Å². The van der Waals surface area contributed by atoms with Gasteiger partial charge in [0.1, 0.15) is 12.2 Å². The van der Waals surface area contributed by atoms with E-state index in [1.54, 1.807) is 0 Å². The number of hydrogen-bond acceptors (Lipinski definition) is 5. The van der Waals surface area contributed by atoms with Crippen molar-refractivity contribution >= 4 is 11.9 Å². The molecule has 0 spiro atoms. The van der Waals surface area contributed by atoms with Gasteiger partial charge in [-0.25, -0.2) is 0 Å². The van der Waals surface area contributed by atoms with E-state index in [1.807, 2.05) is 26.0 Å². The molecule has 0 saturated carbocycles. The molecule has 162 valence electrons. The van der Waals surface area contributed by atoms with Gasteiger partial charge in [-0.15, -0.1) is 0 Å². The third-order valence-corrected chi connectivity index (χ3v) is 6.20. The highest BCUT2D eigenvalue weighted by molar-refractivity contribution is 5.72. The molecule has 3 rings (SSSR count). The number of aliphatic hydroxyl groups excluding tert-OH is 1. The van der Waals surface area contributed by atoms with Crippen LogP contribution in [0.15, 0.2) is 23.8 Å². The summed E-state index contributed by atoms with van der Waals surface area (Å²) >= 11 is 0. The van der Waals surface area contributed by atoms with Gasteiger partial charge in [0.25, 0.3) is 0 Å². The maximum absolute atomic E-state index is 13.1. The molecule has 0 aromatic heterocycles. The first-order valence-corrected chi connectivity index (χ1v) is 10.3. The molecule has 1 heterocycles. The molecule has 3 aliphatic rings. The van der Waals surface area contributed by atoms with Crippen molar-refractivity contribution in [3.05, 3.63) is 23.8 Å². The summed E-state index contributed by atoms with van der Waals surface area (Å²) in [6, 6.07) is 0. The molecule has 1 saturated heterocycles. The molecular weight excluding hydrogens is 368 g/mol. The van der Waals surface area contributed by atoms with Gasteiger partial charge in [0.05, 0.1) is 18.4 Å². The van der Waals surface area contributed by atoms with Gasteiger partial charge in [0, 0.05) is 23.3 Å². The predicted molar refractivity (Wildman–Crippen MR) is 111 cm³/mol. The Bertz CT molecular complexity index is 975. The monoisotopic (exact) mass is 413 g/mol. The van der Waals surface area contributed by atoms with Crippen LogP contribution in [0.1, 0.15) is 77.0 Å². The lowest BCUT2D eigenvalue weighted by atomic mass is 9.65. The number of fused-ring (bicyclic) bond motifs is 1. The van der Waals surface area contributed by atoms with E-state index in [1.165, 1.54) is 0 Å². The molecule has 0 bridgehead atoms. The molecule has 8 atom stereocenters. The van der Waals surface area contributed by atoms with Crippen LogP contribution in [0.5, 0.6) is 0 Å². The molecule has 1 aliphatic heterocycles. The van der Waals surface area contributed by atoms with Crippen molar-refractivity contribution < 1.29 is 35.1 Å². The number of carbonyl (C=O) groups is 2. The molecule has 2 aliphatic carbocycles. The number of aliphatic hydroxyl groups is 1. The Hall–Kier alpha value is -1.62. The van der Waals surface area contributed by atoms with E-state index in [2.05, 4.69) is 11.2 Å². The Kier molecular flexibility index (Phi) is 4.22. The number of allylic oxidation sites excluding steroid dienone is 3. The van der Waals surface area contributed by atoms with Gasteiger partial charge < -0.3 is 14.6 Å². The maximum Gasteiger partial charge on any atom is 0.308 e. The van der Waals surface area contributed by atoms with Crippen LogP contribution >= 0.6 is 0 Å². The van der Waals surface area contributed by atoms with Gasteiger partial charge in [0.15, 0.2) is 0 Å². The summed E-state index contributed by atoms with van der Waals surface area (Å²) in [6.45, 7) is 1.67. The zero-order valence-corrected chi connectivity index (χ0v) is 17.1. The first-order valence-electron chi connectivity index (χ1n) is 14.7. The predicted octanol–water partition coefficient (Wildman–Crippen LogP) is 4.20. The normalized spacial score (nSPS) is 46.2. The minimum Gasteiger partial charge on any atom is -0.462 e. The SMILES string of the molecule is [2H]O[C@@H]1CC(CC[C@@H]2[C@@H]3C(=C[C@H](C)C[C@@H]3OC(=O)[C@@]([2H])(C)C([2H])([2H])C([2H])([2H])[2H])C=C[C@@H]2C)OC(=O)C1([2H])[2H]. The third-order valence-electron chi connectivity index (χ3n) is 6.20. The van der Waals surface area contributed by atoms with Gasteiger partial charge in [0.2, 0.25) is 1.43 Å². The molecule has 5 nitrogen and oxygen atoms in total. The van der Waals surface area contributed by atoms with Gasteiger partial charge in [-0.1, -0.05) is 45.9 Å². The molecule has 5 heteroatoms. The summed E-state index contributed by atoms with van der Waals surface area (Å²) in [5, 5.41) is 4.47. The third kappa shape index (κ3) is 5.30. The van der Waals surface area contributed by atoms with Crippen molar-refractivity contribution in [2.45, 2.75) is 84.4 Å². The van der Waals surface area contributed by atoms with Crippen LogP contribution in [0, 0.1) is 29.6 Å². The fourth-order valence-corrected chi connectivity index (χ4v) is 4.72. The number of esters is 2. The highest BCUT2D eigenvalue weighted by atomic mass is 16.5. The number of rotatable bonds is 7. The average molecular weight is 414 g/mol. The molecule has 1 N–H and O–H groups in total. The van der Waals surface area contributed by atoms with Crippen molar-refractivity contribution in [2.75, 3.05) is 0 Å². The summed E-state index contributed by atoms with van der Waals surface area (Å²) in [5.74, 6) is -5.34. The van der Waals surface area contributed by atoms with Crippen LogP contribution in [0.2, 0.25) is 0 Å². The first-order chi connectivity index (χ1) is 17.3. The second-order valence-corrected chi connectivity index (χ2v) is 8.45. The van der Waals surface area contributed by atoms with Crippen LogP contribution in [0.25, 0.3) is 0 Å². The lowest BCUT2D eigenvalue weighted by Crippen LogP contribution is -2.42. The van der Waals surface area contributed by atoms with E-state index in [0.717, 1.165) is 12.5 Å².